The fraction of sp³-hybridized carbons (Fsp3) is 0.138. The first-order chi connectivity index (χ1) is 19.1. The Morgan fingerprint density at radius 2 is 1.56 bits per heavy atom. The molecule has 2 amide bonds. The molecular weight excluding hydrogens is 496 g/mol. The first-order valence-electron chi connectivity index (χ1n) is 12.3. The van der Waals surface area contributed by atoms with Crippen molar-refractivity contribution in [3.63, 3.8) is 0 Å². The summed E-state index contributed by atoms with van der Waals surface area (Å²) in [7, 11) is 3.18. The normalized spacial score (nSPS) is 12.6. The number of fused-ring (bicyclic) bond motifs is 2. The SMILES string of the molecule is COc1cc(OC)cc(N(CCN2C(=O)c3ccccc3C2=O)c2ccc3ncc(-c4cn[nH]c4)nc3c2)c1. The minimum Gasteiger partial charge on any atom is -0.497 e. The summed E-state index contributed by atoms with van der Waals surface area (Å²) >= 11 is 0. The van der Waals surface area contributed by atoms with Gasteiger partial charge in [-0.05, 0) is 30.3 Å². The van der Waals surface area contributed by atoms with Gasteiger partial charge in [0.15, 0.2) is 0 Å². The van der Waals surface area contributed by atoms with Crippen molar-refractivity contribution in [3.8, 4) is 22.8 Å². The van der Waals surface area contributed by atoms with Crippen molar-refractivity contribution in [3.05, 3.63) is 90.4 Å². The van der Waals surface area contributed by atoms with E-state index in [1.165, 1.54) is 4.90 Å². The smallest absolute Gasteiger partial charge is 0.261 e. The summed E-state index contributed by atoms with van der Waals surface area (Å²) in [4.78, 5) is 38.7. The van der Waals surface area contributed by atoms with Crippen LogP contribution in [0, 0.1) is 0 Å². The van der Waals surface area contributed by atoms with E-state index in [0.29, 0.717) is 40.4 Å². The lowest BCUT2D eigenvalue weighted by atomic mass is 10.1. The largest absolute Gasteiger partial charge is 0.497 e. The number of methoxy groups -OCH3 is 2. The van der Waals surface area contributed by atoms with Crippen LogP contribution in [0.5, 0.6) is 11.5 Å². The number of nitrogens with one attached hydrogen (secondary N) is 1. The second kappa shape index (κ2) is 9.90. The summed E-state index contributed by atoms with van der Waals surface area (Å²) in [6.45, 7) is 0.493. The minimum absolute atomic E-state index is 0.171. The highest BCUT2D eigenvalue weighted by Gasteiger charge is 2.35. The van der Waals surface area contributed by atoms with Crippen LogP contribution in [0.25, 0.3) is 22.3 Å². The third-order valence-electron chi connectivity index (χ3n) is 6.70. The van der Waals surface area contributed by atoms with Gasteiger partial charge in [0.1, 0.15) is 11.5 Å². The number of rotatable bonds is 8. The van der Waals surface area contributed by atoms with Gasteiger partial charge in [-0.15, -0.1) is 0 Å². The highest BCUT2D eigenvalue weighted by atomic mass is 16.5. The highest BCUT2D eigenvalue weighted by molar-refractivity contribution is 6.21. The van der Waals surface area contributed by atoms with Crippen LogP contribution in [0.2, 0.25) is 0 Å². The van der Waals surface area contributed by atoms with Gasteiger partial charge < -0.3 is 14.4 Å². The quantitative estimate of drug-likeness (QED) is 0.298. The molecule has 5 aromatic rings. The molecule has 0 aliphatic carbocycles. The number of hydrogen-bond donors (Lipinski definition) is 1. The molecule has 1 aliphatic rings. The standard InChI is InChI=1S/C29H24N6O4/c1-38-21-11-20(12-22(14-21)39-2)34(9-10-35-28(36)23-5-3-4-6-24(23)29(35)37)19-7-8-25-26(13-19)33-27(17-30-25)18-15-31-32-16-18/h3-8,11-17H,9-10H2,1-2H3,(H,31,32). The van der Waals surface area contributed by atoms with Gasteiger partial charge >= 0.3 is 0 Å². The van der Waals surface area contributed by atoms with Crippen LogP contribution < -0.4 is 14.4 Å². The molecule has 0 radical (unpaired) electrons. The molecule has 10 heteroatoms. The zero-order chi connectivity index (χ0) is 26.9. The second-order valence-corrected chi connectivity index (χ2v) is 8.95. The molecule has 1 N–H and O–H groups in total. The fourth-order valence-electron chi connectivity index (χ4n) is 4.70. The molecule has 194 valence electrons. The molecular formula is C29H24N6O4. The van der Waals surface area contributed by atoms with Crippen molar-refractivity contribution in [2.24, 2.45) is 0 Å². The van der Waals surface area contributed by atoms with Crippen LogP contribution in [0.15, 0.2) is 79.3 Å². The van der Waals surface area contributed by atoms with Crippen molar-refractivity contribution >= 4 is 34.2 Å². The molecule has 0 atom stereocenters. The summed E-state index contributed by atoms with van der Waals surface area (Å²) in [5, 5.41) is 6.80. The van der Waals surface area contributed by atoms with Gasteiger partial charge in [0, 0.05) is 54.4 Å². The maximum atomic E-state index is 13.0. The first kappa shape index (κ1) is 24.1. The van der Waals surface area contributed by atoms with Crippen molar-refractivity contribution in [2.75, 3.05) is 32.2 Å². The van der Waals surface area contributed by atoms with Gasteiger partial charge in [-0.3, -0.25) is 24.6 Å². The fourth-order valence-corrected chi connectivity index (χ4v) is 4.70. The van der Waals surface area contributed by atoms with Gasteiger partial charge in [0.05, 0.1) is 54.5 Å². The summed E-state index contributed by atoms with van der Waals surface area (Å²) < 4.78 is 11.0. The number of carbonyl (C=O) groups is 2. The zero-order valence-corrected chi connectivity index (χ0v) is 21.3. The Labute approximate surface area is 223 Å². The molecule has 3 aromatic carbocycles. The van der Waals surface area contributed by atoms with Crippen LogP contribution >= 0.6 is 0 Å². The van der Waals surface area contributed by atoms with Gasteiger partial charge in [-0.2, -0.15) is 5.10 Å². The third kappa shape index (κ3) is 4.42. The average molecular weight is 521 g/mol. The Kier molecular flexibility index (Phi) is 6.12. The predicted octanol–water partition coefficient (Wildman–Crippen LogP) is 4.47. The van der Waals surface area contributed by atoms with Crippen molar-refractivity contribution in [2.45, 2.75) is 0 Å². The molecule has 0 unspecified atom stereocenters. The van der Waals surface area contributed by atoms with E-state index in [0.717, 1.165) is 22.5 Å². The maximum Gasteiger partial charge on any atom is 0.261 e. The van der Waals surface area contributed by atoms with E-state index < -0.39 is 0 Å². The van der Waals surface area contributed by atoms with E-state index in [1.54, 1.807) is 63.1 Å². The van der Waals surface area contributed by atoms with Crippen LogP contribution in [-0.4, -0.2) is 64.2 Å². The topological polar surface area (TPSA) is 114 Å². The maximum absolute atomic E-state index is 13.0. The molecule has 0 bridgehead atoms. The number of amides is 2. The number of aromatic amines is 1. The van der Waals surface area contributed by atoms with E-state index in [1.807, 2.05) is 35.2 Å². The molecule has 0 fully saturated rings. The summed E-state index contributed by atoms with van der Waals surface area (Å²) in [5.41, 5.74) is 5.34. The lowest BCUT2D eigenvalue weighted by Crippen LogP contribution is -2.36. The Morgan fingerprint density at radius 3 is 2.21 bits per heavy atom. The number of benzene rings is 3. The predicted molar refractivity (Wildman–Crippen MR) is 145 cm³/mol. The molecule has 0 saturated heterocycles. The van der Waals surface area contributed by atoms with E-state index in [9.17, 15) is 9.59 Å². The van der Waals surface area contributed by atoms with Gasteiger partial charge in [-0.25, -0.2) is 4.98 Å². The molecule has 0 spiro atoms. The van der Waals surface area contributed by atoms with Crippen LogP contribution in [0.3, 0.4) is 0 Å². The Morgan fingerprint density at radius 1 is 0.846 bits per heavy atom. The number of imide groups is 1. The lowest BCUT2D eigenvalue weighted by Gasteiger charge is -2.28. The number of ether oxygens (including phenoxy) is 2. The molecule has 1 aliphatic heterocycles. The summed E-state index contributed by atoms with van der Waals surface area (Å²) in [6.07, 6.45) is 5.16. The molecule has 0 saturated carbocycles. The number of hydrogen-bond acceptors (Lipinski definition) is 8. The van der Waals surface area contributed by atoms with Crippen molar-refractivity contribution in [1.82, 2.24) is 25.1 Å². The molecule has 39 heavy (non-hydrogen) atoms. The summed E-state index contributed by atoms with van der Waals surface area (Å²) in [5.74, 6) is 0.622. The van der Waals surface area contributed by atoms with Gasteiger partial charge in [-0.1, -0.05) is 12.1 Å². The van der Waals surface area contributed by atoms with Crippen molar-refractivity contribution in [1.29, 1.82) is 0 Å². The van der Waals surface area contributed by atoms with E-state index >= 15 is 0 Å². The lowest BCUT2D eigenvalue weighted by molar-refractivity contribution is 0.0659. The number of H-pyrrole nitrogens is 1. The Hall–Kier alpha value is -5.25. The number of carbonyl (C=O) groups excluding carboxylic acids is 2. The van der Waals surface area contributed by atoms with E-state index in [2.05, 4.69) is 15.2 Å². The van der Waals surface area contributed by atoms with Crippen LogP contribution in [0.4, 0.5) is 11.4 Å². The number of nitrogens with zero attached hydrogens (tertiary/aromatic N) is 5. The first-order valence-corrected chi connectivity index (χ1v) is 12.3. The van der Waals surface area contributed by atoms with Crippen LogP contribution in [0.1, 0.15) is 20.7 Å². The zero-order valence-electron chi connectivity index (χ0n) is 21.3. The second-order valence-electron chi connectivity index (χ2n) is 8.95. The molecule has 2 aromatic heterocycles. The highest BCUT2D eigenvalue weighted by Crippen LogP contribution is 2.34. The summed E-state index contributed by atoms with van der Waals surface area (Å²) in [6, 6.07) is 18.2. The van der Waals surface area contributed by atoms with Gasteiger partial charge in [0.2, 0.25) is 0 Å². The minimum atomic E-state index is -0.298. The number of aromatic nitrogens is 4. The monoisotopic (exact) mass is 520 g/mol. The van der Waals surface area contributed by atoms with Crippen molar-refractivity contribution < 1.29 is 19.1 Å². The molecule has 6 rings (SSSR count). The number of anilines is 2. The third-order valence-corrected chi connectivity index (χ3v) is 6.70. The van der Waals surface area contributed by atoms with Crippen LogP contribution in [-0.2, 0) is 0 Å². The molecule has 10 nitrogen and oxygen atoms in total. The average Bonchev–Trinajstić information content (AvgIpc) is 3.60. The van der Waals surface area contributed by atoms with Gasteiger partial charge in [0.25, 0.3) is 11.8 Å². The van der Waals surface area contributed by atoms with E-state index in [-0.39, 0.29) is 18.4 Å². The van der Waals surface area contributed by atoms with E-state index in [4.69, 9.17) is 14.5 Å². The Balaban J connectivity index is 1.39. The Bertz CT molecular complexity index is 1640. The molecule has 3 heterocycles.